The molecule has 1 aliphatic heterocycles. The first-order valence-corrected chi connectivity index (χ1v) is 10.5. The van der Waals surface area contributed by atoms with Crippen molar-refractivity contribution in [3.8, 4) is 0 Å². The number of hydrogen-bond donors (Lipinski definition) is 2. The van der Waals surface area contributed by atoms with Gasteiger partial charge in [0, 0.05) is 26.1 Å². The fraction of sp³-hybridized carbons (Fsp3) is 0.571. The van der Waals surface area contributed by atoms with Crippen molar-refractivity contribution in [1.82, 2.24) is 30.3 Å². The molecule has 160 valence electrons. The normalized spacial score (nSPS) is 14.4. The third-order valence-corrected chi connectivity index (χ3v) is 5.31. The summed E-state index contributed by atoms with van der Waals surface area (Å²) in [6.07, 6.45) is 2.18. The van der Waals surface area contributed by atoms with Crippen molar-refractivity contribution in [1.29, 1.82) is 0 Å². The SMILES string of the molecule is CCNC(=NCc1nnc2n1CCC2)NCC(c1ccccc1)N(CC)CC.I. The zero-order valence-corrected chi connectivity index (χ0v) is 20.1. The van der Waals surface area contributed by atoms with E-state index >= 15 is 0 Å². The van der Waals surface area contributed by atoms with Crippen LogP contribution in [-0.4, -0.2) is 51.8 Å². The van der Waals surface area contributed by atoms with E-state index in [0.29, 0.717) is 12.6 Å². The molecule has 3 rings (SSSR count). The number of rotatable bonds is 9. The third-order valence-electron chi connectivity index (χ3n) is 5.31. The molecule has 0 spiro atoms. The summed E-state index contributed by atoms with van der Waals surface area (Å²) in [7, 11) is 0. The first-order chi connectivity index (χ1) is 13.8. The van der Waals surface area contributed by atoms with Crippen molar-refractivity contribution in [3.63, 3.8) is 0 Å². The summed E-state index contributed by atoms with van der Waals surface area (Å²) in [5, 5.41) is 15.5. The number of aromatic nitrogens is 3. The molecular weight excluding hydrogens is 477 g/mol. The van der Waals surface area contributed by atoms with E-state index in [1.165, 1.54) is 5.56 Å². The highest BCUT2D eigenvalue weighted by atomic mass is 127. The van der Waals surface area contributed by atoms with Crippen LogP contribution in [0.15, 0.2) is 35.3 Å². The molecule has 0 saturated carbocycles. The van der Waals surface area contributed by atoms with Crippen molar-refractivity contribution >= 4 is 29.9 Å². The molecule has 0 amide bonds. The maximum Gasteiger partial charge on any atom is 0.191 e. The Morgan fingerprint density at radius 2 is 1.90 bits per heavy atom. The second kappa shape index (κ2) is 12.1. The van der Waals surface area contributed by atoms with Crippen molar-refractivity contribution in [2.24, 2.45) is 4.99 Å². The molecule has 1 unspecified atom stereocenters. The molecule has 7 nitrogen and oxygen atoms in total. The van der Waals surface area contributed by atoms with Gasteiger partial charge in [-0.05, 0) is 32.0 Å². The van der Waals surface area contributed by atoms with E-state index in [9.17, 15) is 0 Å². The van der Waals surface area contributed by atoms with Gasteiger partial charge in [-0.2, -0.15) is 0 Å². The first kappa shape index (κ1) is 23.6. The number of benzene rings is 1. The van der Waals surface area contributed by atoms with Crippen LogP contribution in [0.25, 0.3) is 0 Å². The Bertz CT molecular complexity index is 756. The minimum Gasteiger partial charge on any atom is -0.357 e. The molecule has 1 aromatic carbocycles. The number of likely N-dealkylation sites (N-methyl/N-ethyl adjacent to an activating group) is 1. The van der Waals surface area contributed by atoms with E-state index in [4.69, 9.17) is 4.99 Å². The molecule has 0 aliphatic carbocycles. The summed E-state index contributed by atoms with van der Waals surface area (Å²) < 4.78 is 2.20. The highest BCUT2D eigenvalue weighted by Gasteiger charge is 2.19. The van der Waals surface area contributed by atoms with Crippen LogP contribution in [0, 0.1) is 0 Å². The molecule has 0 saturated heterocycles. The average Bonchev–Trinajstić information content (AvgIpc) is 3.34. The minimum atomic E-state index is 0. The summed E-state index contributed by atoms with van der Waals surface area (Å²) in [4.78, 5) is 7.23. The van der Waals surface area contributed by atoms with E-state index in [-0.39, 0.29) is 24.0 Å². The molecule has 29 heavy (non-hydrogen) atoms. The number of aryl methyl sites for hydroxylation is 1. The van der Waals surface area contributed by atoms with Gasteiger partial charge in [0.05, 0.1) is 6.04 Å². The van der Waals surface area contributed by atoms with Crippen LogP contribution < -0.4 is 10.6 Å². The smallest absolute Gasteiger partial charge is 0.191 e. The van der Waals surface area contributed by atoms with Crippen molar-refractivity contribution in [2.45, 2.75) is 52.7 Å². The van der Waals surface area contributed by atoms with Crippen LogP contribution in [-0.2, 0) is 19.5 Å². The van der Waals surface area contributed by atoms with E-state index in [1.807, 2.05) is 0 Å². The van der Waals surface area contributed by atoms with Gasteiger partial charge in [0.15, 0.2) is 11.8 Å². The maximum atomic E-state index is 4.76. The Kier molecular flexibility index (Phi) is 9.86. The first-order valence-electron chi connectivity index (χ1n) is 10.5. The third kappa shape index (κ3) is 6.15. The number of guanidine groups is 1. The summed E-state index contributed by atoms with van der Waals surface area (Å²) in [6.45, 7) is 11.7. The standard InChI is InChI=1S/C21H33N7.HI/c1-4-22-21(24-16-20-26-25-19-13-10-14-28(19)20)23-15-18(27(5-2)6-3)17-11-8-7-9-12-17;/h7-9,11-12,18H,4-6,10,13-16H2,1-3H3,(H2,22,23,24);1H. The van der Waals surface area contributed by atoms with Gasteiger partial charge in [0.25, 0.3) is 0 Å². The second-order valence-electron chi connectivity index (χ2n) is 7.01. The van der Waals surface area contributed by atoms with Gasteiger partial charge in [0.1, 0.15) is 12.4 Å². The summed E-state index contributed by atoms with van der Waals surface area (Å²) in [5.41, 5.74) is 1.32. The highest BCUT2D eigenvalue weighted by molar-refractivity contribution is 14.0. The Balaban J connectivity index is 0.00000300. The lowest BCUT2D eigenvalue weighted by atomic mass is 10.1. The van der Waals surface area contributed by atoms with Crippen molar-refractivity contribution in [2.75, 3.05) is 26.2 Å². The molecular formula is C21H34IN7. The number of nitrogens with zero attached hydrogens (tertiary/aromatic N) is 5. The predicted octanol–water partition coefficient (Wildman–Crippen LogP) is 2.98. The number of hydrogen-bond acceptors (Lipinski definition) is 4. The van der Waals surface area contributed by atoms with Crippen molar-refractivity contribution in [3.05, 3.63) is 47.5 Å². The van der Waals surface area contributed by atoms with Crippen LogP contribution in [0.2, 0.25) is 0 Å². The van der Waals surface area contributed by atoms with E-state index < -0.39 is 0 Å². The monoisotopic (exact) mass is 511 g/mol. The molecule has 8 heteroatoms. The number of halogens is 1. The lowest BCUT2D eigenvalue weighted by Gasteiger charge is -2.30. The second-order valence-corrected chi connectivity index (χ2v) is 7.01. The van der Waals surface area contributed by atoms with Gasteiger partial charge in [0.2, 0.25) is 0 Å². The number of fused-ring (bicyclic) bond motifs is 1. The Hall–Kier alpha value is -1.68. The number of nitrogens with one attached hydrogen (secondary N) is 2. The fourth-order valence-electron chi connectivity index (χ4n) is 3.81. The van der Waals surface area contributed by atoms with Crippen LogP contribution in [0.3, 0.4) is 0 Å². The predicted molar refractivity (Wildman–Crippen MR) is 129 cm³/mol. The van der Waals surface area contributed by atoms with Crippen LogP contribution in [0.4, 0.5) is 0 Å². The van der Waals surface area contributed by atoms with Crippen LogP contribution in [0.1, 0.15) is 50.4 Å². The zero-order chi connectivity index (χ0) is 19.8. The van der Waals surface area contributed by atoms with Crippen LogP contribution >= 0.6 is 24.0 Å². The molecule has 2 aromatic rings. The quantitative estimate of drug-likeness (QED) is 0.308. The van der Waals surface area contributed by atoms with Gasteiger partial charge in [-0.25, -0.2) is 4.99 Å². The molecule has 0 fully saturated rings. The van der Waals surface area contributed by atoms with Gasteiger partial charge in [-0.1, -0.05) is 44.2 Å². The molecule has 2 heterocycles. The molecule has 1 atom stereocenters. The largest absolute Gasteiger partial charge is 0.357 e. The van der Waals surface area contributed by atoms with Gasteiger partial charge >= 0.3 is 0 Å². The van der Waals surface area contributed by atoms with Gasteiger partial charge in [-0.15, -0.1) is 34.2 Å². The van der Waals surface area contributed by atoms with E-state index in [1.54, 1.807) is 0 Å². The van der Waals surface area contributed by atoms with Crippen molar-refractivity contribution < 1.29 is 0 Å². The molecule has 2 N–H and O–H groups in total. The van der Waals surface area contributed by atoms with E-state index in [0.717, 1.165) is 63.2 Å². The molecule has 1 aromatic heterocycles. The summed E-state index contributed by atoms with van der Waals surface area (Å²) in [6, 6.07) is 11.0. The lowest BCUT2D eigenvalue weighted by molar-refractivity contribution is 0.219. The fourth-order valence-corrected chi connectivity index (χ4v) is 3.81. The molecule has 1 aliphatic rings. The lowest BCUT2D eigenvalue weighted by Crippen LogP contribution is -2.43. The Morgan fingerprint density at radius 1 is 1.14 bits per heavy atom. The minimum absolute atomic E-state index is 0. The van der Waals surface area contributed by atoms with Gasteiger partial charge in [-0.3, -0.25) is 4.90 Å². The summed E-state index contributed by atoms with van der Waals surface area (Å²) >= 11 is 0. The maximum absolute atomic E-state index is 4.76. The zero-order valence-electron chi connectivity index (χ0n) is 17.8. The summed E-state index contributed by atoms with van der Waals surface area (Å²) in [5.74, 6) is 2.87. The molecule has 0 radical (unpaired) electrons. The molecule has 0 bridgehead atoms. The van der Waals surface area contributed by atoms with Crippen LogP contribution in [0.5, 0.6) is 0 Å². The average molecular weight is 511 g/mol. The Labute approximate surface area is 191 Å². The highest BCUT2D eigenvalue weighted by Crippen LogP contribution is 2.19. The van der Waals surface area contributed by atoms with E-state index in [2.05, 4.69) is 81.4 Å². The number of aliphatic imine (C=N–C) groups is 1. The topological polar surface area (TPSA) is 70.4 Å². The Morgan fingerprint density at radius 3 is 2.59 bits per heavy atom. The van der Waals surface area contributed by atoms with Gasteiger partial charge < -0.3 is 15.2 Å².